The maximum atomic E-state index is 12.0. The van der Waals surface area contributed by atoms with E-state index in [1.165, 1.54) is 0 Å². The van der Waals surface area contributed by atoms with Crippen molar-refractivity contribution in [2.75, 3.05) is 0 Å². The monoisotopic (exact) mass is 204 g/mol. The number of carbonyl (C=O) groups excluding carboxylic acids is 1. The number of carbonyl (C=O) groups is 1. The predicted octanol–water partition coefficient (Wildman–Crippen LogP) is 0.867. The van der Waals surface area contributed by atoms with Crippen LogP contribution in [0.1, 0.15) is 23.0 Å². The molecule has 5 heteroatoms. The van der Waals surface area contributed by atoms with Gasteiger partial charge in [-0.25, -0.2) is 0 Å². The molecule has 0 atom stereocenters. The van der Waals surface area contributed by atoms with Gasteiger partial charge in [-0.3, -0.25) is 14.2 Å². The largest absolute Gasteiger partial charge is 0.287 e. The third-order valence-electron chi connectivity index (χ3n) is 2.22. The Kier molecular flexibility index (Phi) is 2.37. The third kappa shape index (κ3) is 1.68. The van der Waals surface area contributed by atoms with Gasteiger partial charge in [0.2, 0.25) is 5.78 Å². The molecule has 0 unspecified atom stereocenters. The summed E-state index contributed by atoms with van der Waals surface area (Å²) in [4.78, 5) is 12.0. The Labute approximate surface area is 87.3 Å². The van der Waals surface area contributed by atoms with Crippen LogP contribution >= 0.6 is 0 Å². The van der Waals surface area contributed by atoms with Crippen LogP contribution in [0.2, 0.25) is 0 Å². The molecule has 0 amide bonds. The van der Waals surface area contributed by atoms with Crippen molar-refractivity contribution < 1.29 is 4.79 Å². The molecule has 2 aromatic rings. The van der Waals surface area contributed by atoms with E-state index in [0.29, 0.717) is 17.8 Å². The van der Waals surface area contributed by atoms with Gasteiger partial charge in [0.1, 0.15) is 5.69 Å². The van der Waals surface area contributed by atoms with Gasteiger partial charge in [-0.05, 0) is 13.0 Å². The maximum absolute atomic E-state index is 12.0. The fourth-order valence-corrected chi connectivity index (χ4v) is 1.46. The first kappa shape index (κ1) is 9.64. The SMILES string of the molecule is CCn1nccc1C(=O)c1cnn(C)c1. The summed E-state index contributed by atoms with van der Waals surface area (Å²) in [7, 11) is 1.79. The standard InChI is InChI=1S/C10H12N4O/c1-3-14-9(4-5-11-14)10(15)8-6-12-13(2)7-8/h4-7H,3H2,1-2H3. The Morgan fingerprint density at radius 2 is 2.27 bits per heavy atom. The van der Waals surface area contributed by atoms with E-state index in [1.54, 1.807) is 41.1 Å². The van der Waals surface area contributed by atoms with Crippen LogP contribution in [0.3, 0.4) is 0 Å². The quantitative estimate of drug-likeness (QED) is 0.697. The second-order valence-corrected chi connectivity index (χ2v) is 3.26. The van der Waals surface area contributed by atoms with Gasteiger partial charge < -0.3 is 0 Å². The molecule has 0 aliphatic rings. The van der Waals surface area contributed by atoms with Gasteiger partial charge in [-0.2, -0.15) is 10.2 Å². The van der Waals surface area contributed by atoms with Crippen molar-refractivity contribution in [2.45, 2.75) is 13.5 Å². The lowest BCUT2D eigenvalue weighted by molar-refractivity contribution is 0.102. The van der Waals surface area contributed by atoms with E-state index in [-0.39, 0.29) is 5.78 Å². The Morgan fingerprint density at radius 1 is 1.47 bits per heavy atom. The molecule has 0 N–H and O–H groups in total. The highest BCUT2D eigenvalue weighted by Crippen LogP contribution is 2.08. The normalized spacial score (nSPS) is 10.5. The smallest absolute Gasteiger partial charge is 0.214 e. The summed E-state index contributed by atoms with van der Waals surface area (Å²) in [5, 5.41) is 8.03. The van der Waals surface area contributed by atoms with Crippen LogP contribution in [0.4, 0.5) is 0 Å². The highest BCUT2D eigenvalue weighted by molar-refractivity contribution is 6.07. The molecule has 78 valence electrons. The molecule has 0 aromatic carbocycles. The van der Waals surface area contributed by atoms with Crippen molar-refractivity contribution in [3.63, 3.8) is 0 Å². The fourth-order valence-electron chi connectivity index (χ4n) is 1.46. The topological polar surface area (TPSA) is 52.7 Å². The Hall–Kier alpha value is -1.91. The molecular weight excluding hydrogens is 192 g/mol. The molecule has 2 rings (SSSR count). The minimum absolute atomic E-state index is 0.0394. The van der Waals surface area contributed by atoms with E-state index in [2.05, 4.69) is 10.2 Å². The second kappa shape index (κ2) is 3.68. The van der Waals surface area contributed by atoms with Gasteiger partial charge in [-0.15, -0.1) is 0 Å². The second-order valence-electron chi connectivity index (χ2n) is 3.26. The summed E-state index contributed by atoms with van der Waals surface area (Å²) in [5.41, 5.74) is 1.19. The highest BCUT2D eigenvalue weighted by atomic mass is 16.1. The van der Waals surface area contributed by atoms with E-state index >= 15 is 0 Å². The fraction of sp³-hybridized carbons (Fsp3) is 0.300. The number of aromatic nitrogens is 4. The average Bonchev–Trinajstić information content (AvgIpc) is 2.84. The molecule has 0 spiro atoms. The van der Waals surface area contributed by atoms with E-state index in [0.717, 1.165) is 0 Å². The van der Waals surface area contributed by atoms with Gasteiger partial charge in [0, 0.05) is 26.0 Å². The minimum Gasteiger partial charge on any atom is -0.287 e. The van der Waals surface area contributed by atoms with Crippen LogP contribution in [0, 0.1) is 0 Å². The zero-order valence-electron chi connectivity index (χ0n) is 8.71. The summed E-state index contributed by atoms with van der Waals surface area (Å²) < 4.78 is 3.29. The van der Waals surface area contributed by atoms with Crippen molar-refractivity contribution in [2.24, 2.45) is 7.05 Å². The first-order valence-electron chi connectivity index (χ1n) is 4.77. The van der Waals surface area contributed by atoms with E-state index in [4.69, 9.17) is 0 Å². The molecule has 15 heavy (non-hydrogen) atoms. The number of rotatable bonds is 3. The van der Waals surface area contributed by atoms with Gasteiger partial charge in [0.15, 0.2) is 0 Å². The van der Waals surface area contributed by atoms with Gasteiger partial charge in [-0.1, -0.05) is 0 Å². The lowest BCUT2D eigenvalue weighted by atomic mass is 10.2. The van der Waals surface area contributed by atoms with Crippen molar-refractivity contribution in [3.8, 4) is 0 Å². The highest BCUT2D eigenvalue weighted by Gasteiger charge is 2.14. The Bertz CT molecular complexity index is 483. The summed E-state index contributed by atoms with van der Waals surface area (Å²) in [6, 6.07) is 1.72. The minimum atomic E-state index is -0.0394. The Balaban J connectivity index is 2.36. The summed E-state index contributed by atoms with van der Waals surface area (Å²) in [5.74, 6) is -0.0394. The van der Waals surface area contributed by atoms with Crippen LogP contribution in [0.5, 0.6) is 0 Å². The Morgan fingerprint density at radius 3 is 2.87 bits per heavy atom. The number of nitrogens with zero attached hydrogens (tertiary/aromatic N) is 4. The van der Waals surface area contributed by atoms with Crippen LogP contribution < -0.4 is 0 Å². The summed E-state index contributed by atoms with van der Waals surface area (Å²) >= 11 is 0. The number of ketones is 1. The van der Waals surface area contributed by atoms with Crippen molar-refractivity contribution in [1.29, 1.82) is 0 Å². The summed E-state index contributed by atoms with van der Waals surface area (Å²) in [6.45, 7) is 2.64. The first-order valence-corrected chi connectivity index (χ1v) is 4.77. The predicted molar refractivity (Wildman–Crippen MR) is 54.5 cm³/mol. The molecule has 2 aromatic heterocycles. The molecular formula is C10H12N4O. The maximum Gasteiger partial charge on any atom is 0.214 e. The molecule has 2 heterocycles. The van der Waals surface area contributed by atoms with Gasteiger partial charge in [0.05, 0.1) is 11.8 Å². The number of aryl methyl sites for hydroxylation is 2. The zero-order chi connectivity index (χ0) is 10.8. The number of hydrogen-bond donors (Lipinski definition) is 0. The van der Waals surface area contributed by atoms with Crippen LogP contribution in [-0.2, 0) is 13.6 Å². The average molecular weight is 204 g/mol. The first-order chi connectivity index (χ1) is 7.22. The lowest BCUT2D eigenvalue weighted by Crippen LogP contribution is -2.09. The molecule has 0 saturated heterocycles. The molecule has 0 aliphatic carbocycles. The van der Waals surface area contributed by atoms with Crippen molar-refractivity contribution >= 4 is 5.78 Å². The molecule has 0 fully saturated rings. The van der Waals surface area contributed by atoms with E-state index in [1.807, 2.05) is 6.92 Å². The zero-order valence-corrected chi connectivity index (χ0v) is 8.71. The van der Waals surface area contributed by atoms with Crippen LogP contribution in [-0.4, -0.2) is 25.3 Å². The van der Waals surface area contributed by atoms with Crippen LogP contribution in [0.25, 0.3) is 0 Å². The third-order valence-corrected chi connectivity index (χ3v) is 2.22. The lowest BCUT2D eigenvalue weighted by Gasteiger charge is -2.01. The molecule has 5 nitrogen and oxygen atoms in total. The molecule has 0 saturated carbocycles. The molecule has 0 bridgehead atoms. The van der Waals surface area contributed by atoms with E-state index in [9.17, 15) is 4.79 Å². The number of hydrogen-bond acceptors (Lipinski definition) is 3. The van der Waals surface area contributed by atoms with Gasteiger partial charge >= 0.3 is 0 Å². The summed E-state index contributed by atoms with van der Waals surface area (Å²) in [6.07, 6.45) is 4.90. The van der Waals surface area contributed by atoms with Crippen molar-refractivity contribution in [3.05, 3.63) is 35.9 Å². The van der Waals surface area contributed by atoms with Crippen LogP contribution in [0.15, 0.2) is 24.7 Å². The molecule has 0 radical (unpaired) electrons. The van der Waals surface area contributed by atoms with E-state index < -0.39 is 0 Å². The molecule has 0 aliphatic heterocycles. The van der Waals surface area contributed by atoms with Gasteiger partial charge in [0.25, 0.3) is 0 Å². The van der Waals surface area contributed by atoms with Crippen molar-refractivity contribution in [1.82, 2.24) is 19.6 Å².